The molecule has 12 heteroatoms. The first kappa shape index (κ1) is 22.0. The van der Waals surface area contributed by atoms with E-state index in [4.69, 9.17) is 11.6 Å². The summed E-state index contributed by atoms with van der Waals surface area (Å²) in [5.41, 5.74) is -4.05. The van der Waals surface area contributed by atoms with Crippen LogP contribution >= 0.6 is 23.4 Å². The summed E-state index contributed by atoms with van der Waals surface area (Å²) >= 11 is 7.49. The fourth-order valence-corrected chi connectivity index (χ4v) is 4.53. The summed E-state index contributed by atoms with van der Waals surface area (Å²) in [5, 5.41) is 2.49. The highest BCUT2D eigenvalue weighted by Gasteiger charge is 2.49. The molecule has 2 aromatic carbocycles. The van der Waals surface area contributed by atoms with Gasteiger partial charge in [-0.25, -0.2) is 4.98 Å². The Labute approximate surface area is 185 Å². The Balaban J connectivity index is 1.76. The van der Waals surface area contributed by atoms with Gasteiger partial charge in [0.25, 0.3) is 0 Å². The molecule has 4 rings (SSSR count). The van der Waals surface area contributed by atoms with Gasteiger partial charge in [0.1, 0.15) is 0 Å². The van der Waals surface area contributed by atoms with Gasteiger partial charge >= 0.3 is 15.6 Å². The zero-order valence-corrected chi connectivity index (χ0v) is 18.4. The lowest BCUT2D eigenvalue weighted by atomic mass is 10.0. The molecular formula is C19H15ClF3N3O3S2. The molecule has 1 aliphatic rings. The Hall–Kier alpha value is -2.24. The van der Waals surface area contributed by atoms with Crippen molar-refractivity contribution in [2.45, 2.75) is 23.6 Å². The molecular weight excluding hydrogens is 475 g/mol. The van der Waals surface area contributed by atoms with Crippen molar-refractivity contribution in [2.75, 3.05) is 17.7 Å². The summed E-state index contributed by atoms with van der Waals surface area (Å²) in [6, 6.07) is 11.3. The maximum atomic E-state index is 12.8. The number of fused-ring (bicyclic) bond motifs is 2. The van der Waals surface area contributed by atoms with E-state index in [9.17, 15) is 21.6 Å². The van der Waals surface area contributed by atoms with E-state index >= 15 is 0 Å². The number of nitrogens with zero attached hydrogens (tertiary/aromatic N) is 3. The smallest absolute Gasteiger partial charge is 0.365 e. The molecule has 0 radical (unpaired) electrons. The number of hydrogen-bond donors (Lipinski definition) is 0. The van der Waals surface area contributed by atoms with Gasteiger partial charge in [-0.15, -0.1) is 0 Å². The van der Waals surface area contributed by atoms with E-state index in [2.05, 4.69) is 14.2 Å². The first-order valence-corrected chi connectivity index (χ1v) is 12.0. The molecule has 1 aliphatic heterocycles. The molecule has 31 heavy (non-hydrogen) atoms. The van der Waals surface area contributed by atoms with Crippen LogP contribution in [0.5, 0.6) is 5.88 Å². The van der Waals surface area contributed by atoms with Crippen molar-refractivity contribution in [3.05, 3.63) is 52.7 Å². The van der Waals surface area contributed by atoms with E-state index in [-0.39, 0.29) is 23.7 Å². The summed E-state index contributed by atoms with van der Waals surface area (Å²) in [7, 11) is -5.84. The minimum absolute atomic E-state index is 0.115. The fraction of sp³-hybridized carbons (Fsp3) is 0.263. The zero-order valence-electron chi connectivity index (χ0n) is 16.0. The number of alkyl halides is 3. The second kappa shape index (κ2) is 8.03. The number of aromatic nitrogens is 2. The van der Waals surface area contributed by atoms with E-state index < -0.39 is 21.5 Å². The summed E-state index contributed by atoms with van der Waals surface area (Å²) in [5.74, 6) is -0.581. The Morgan fingerprint density at radius 1 is 1.16 bits per heavy atom. The van der Waals surface area contributed by atoms with Crippen LogP contribution < -0.4 is 9.08 Å². The number of rotatable bonds is 4. The summed E-state index contributed by atoms with van der Waals surface area (Å²) in [6.07, 6.45) is 1.84. The first-order chi connectivity index (χ1) is 14.6. The molecule has 0 unspecified atom stereocenters. The SMILES string of the molecule is CSc1nc2c(c(OS(=O)(=O)C(F)(F)F)n1)CCN(c1cccc3cccc(Cl)c13)C2. The summed E-state index contributed by atoms with van der Waals surface area (Å²) in [6.45, 7) is 0.625. The lowest BCUT2D eigenvalue weighted by molar-refractivity contribution is -0.0501. The van der Waals surface area contributed by atoms with Crippen molar-refractivity contribution in [1.82, 2.24) is 9.97 Å². The largest absolute Gasteiger partial charge is 0.534 e. The first-order valence-electron chi connectivity index (χ1n) is 8.97. The Bertz CT molecular complexity index is 1260. The van der Waals surface area contributed by atoms with Crippen LogP contribution in [0.1, 0.15) is 11.3 Å². The van der Waals surface area contributed by atoms with Crippen LogP contribution in [0.25, 0.3) is 10.8 Å². The zero-order chi connectivity index (χ0) is 22.4. The van der Waals surface area contributed by atoms with Crippen LogP contribution in [-0.2, 0) is 23.1 Å². The van der Waals surface area contributed by atoms with E-state index in [1.807, 2.05) is 35.2 Å². The monoisotopic (exact) mass is 489 g/mol. The molecule has 3 aromatic rings. The van der Waals surface area contributed by atoms with Crippen molar-refractivity contribution in [1.29, 1.82) is 0 Å². The van der Waals surface area contributed by atoms with Gasteiger partial charge in [-0.2, -0.15) is 26.6 Å². The van der Waals surface area contributed by atoms with Crippen molar-refractivity contribution >= 4 is 49.9 Å². The van der Waals surface area contributed by atoms with Crippen molar-refractivity contribution in [3.63, 3.8) is 0 Å². The van der Waals surface area contributed by atoms with Gasteiger partial charge < -0.3 is 9.08 Å². The third-order valence-corrected chi connectivity index (χ3v) is 6.64. The highest BCUT2D eigenvalue weighted by atomic mass is 35.5. The van der Waals surface area contributed by atoms with Crippen LogP contribution in [-0.4, -0.2) is 36.7 Å². The van der Waals surface area contributed by atoms with E-state index in [1.54, 1.807) is 12.3 Å². The third kappa shape index (κ3) is 4.13. The molecule has 0 aliphatic carbocycles. The third-order valence-electron chi connectivity index (χ3n) is 4.83. The number of benzene rings is 2. The molecule has 0 atom stereocenters. The van der Waals surface area contributed by atoms with Gasteiger partial charge in [-0.1, -0.05) is 47.6 Å². The second-order valence-electron chi connectivity index (χ2n) is 6.71. The van der Waals surface area contributed by atoms with Gasteiger partial charge in [0, 0.05) is 23.2 Å². The average molecular weight is 490 g/mol. The summed E-state index contributed by atoms with van der Waals surface area (Å²) in [4.78, 5) is 10.3. The van der Waals surface area contributed by atoms with E-state index in [0.717, 1.165) is 28.2 Å². The lowest BCUT2D eigenvalue weighted by Gasteiger charge is -2.31. The fourth-order valence-electron chi connectivity index (χ4n) is 3.43. The van der Waals surface area contributed by atoms with Crippen molar-refractivity contribution in [2.24, 2.45) is 0 Å². The predicted molar refractivity (Wildman–Crippen MR) is 113 cm³/mol. The van der Waals surface area contributed by atoms with Crippen LogP contribution in [0.15, 0.2) is 41.6 Å². The molecule has 1 aromatic heterocycles. The Kier molecular flexibility index (Phi) is 5.69. The molecule has 0 spiro atoms. The predicted octanol–water partition coefficient (Wildman–Crippen LogP) is 4.80. The molecule has 0 saturated heterocycles. The van der Waals surface area contributed by atoms with Crippen molar-refractivity contribution < 1.29 is 25.8 Å². The maximum absolute atomic E-state index is 12.8. The molecule has 0 bridgehead atoms. The summed E-state index contributed by atoms with van der Waals surface area (Å²) < 4.78 is 65.9. The average Bonchev–Trinajstić information content (AvgIpc) is 2.72. The standard InChI is InChI=1S/C19H15ClF3N3O3S2/c1-30-18-24-14-10-26(15-7-3-5-11-4-2-6-13(20)16(11)15)9-8-12(14)17(25-18)29-31(27,28)19(21,22)23/h2-7H,8-10H2,1H3. The highest BCUT2D eigenvalue weighted by Crippen LogP contribution is 2.37. The normalized spacial score (nSPS) is 14.5. The second-order valence-corrected chi connectivity index (χ2v) is 9.43. The molecule has 164 valence electrons. The van der Waals surface area contributed by atoms with E-state index in [1.165, 1.54) is 0 Å². The van der Waals surface area contributed by atoms with Crippen LogP contribution in [0, 0.1) is 0 Å². The number of thioether (sulfide) groups is 1. The van der Waals surface area contributed by atoms with E-state index in [0.29, 0.717) is 17.3 Å². The molecule has 6 nitrogen and oxygen atoms in total. The van der Waals surface area contributed by atoms with Gasteiger partial charge in [-0.05, 0) is 30.2 Å². The maximum Gasteiger partial charge on any atom is 0.534 e. The van der Waals surface area contributed by atoms with Gasteiger partial charge in [0.15, 0.2) is 5.16 Å². The minimum atomic E-state index is -5.84. The number of hydrogen-bond acceptors (Lipinski definition) is 7. The molecule has 0 saturated carbocycles. The lowest BCUT2D eigenvalue weighted by Crippen LogP contribution is -2.33. The Morgan fingerprint density at radius 3 is 2.55 bits per heavy atom. The van der Waals surface area contributed by atoms with Gasteiger partial charge in [0.05, 0.1) is 17.3 Å². The van der Waals surface area contributed by atoms with Gasteiger partial charge in [-0.3, -0.25) is 0 Å². The van der Waals surface area contributed by atoms with Crippen LogP contribution in [0.2, 0.25) is 5.02 Å². The molecule has 0 fully saturated rings. The molecule has 0 amide bonds. The highest BCUT2D eigenvalue weighted by molar-refractivity contribution is 7.98. The van der Waals surface area contributed by atoms with Crippen molar-refractivity contribution in [3.8, 4) is 5.88 Å². The number of halogens is 4. The van der Waals surface area contributed by atoms with Crippen LogP contribution in [0.3, 0.4) is 0 Å². The van der Waals surface area contributed by atoms with Gasteiger partial charge in [0.2, 0.25) is 5.88 Å². The quantitative estimate of drug-likeness (QED) is 0.226. The topological polar surface area (TPSA) is 72.4 Å². The minimum Gasteiger partial charge on any atom is -0.365 e. The number of anilines is 1. The Morgan fingerprint density at radius 2 is 1.87 bits per heavy atom. The molecule has 2 heterocycles. The van der Waals surface area contributed by atoms with Crippen LogP contribution in [0.4, 0.5) is 18.9 Å². The molecule has 0 N–H and O–H groups in total.